The van der Waals surface area contributed by atoms with E-state index in [2.05, 4.69) is 0 Å². The van der Waals surface area contributed by atoms with E-state index in [1.54, 1.807) is 26.2 Å². The van der Waals surface area contributed by atoms with Gasteiger partial charge in [-0.25, -0.2) is 0 Å². The topological polar surface area (TPSA) is 84.8 Å². The first kappa shape index (κ1) is 18.6. The summed E-state index contributed by atoms with van der Waals surface area (Å²) in [5, 5.41) is 9.62. The molecule has 0 aliphatic carbocycles. The van der Waals surface area contributed by atoms with Crippen LogP contribution < -0.4 is 0 Å². The van der Waals surface area contributed by atoms with E-state index >= 15 is 0 Å². The fourth-order valence-electron chi connectivity index (χ4n) is 1.86. The zero-order valence-corrected chi connectivity index (χ0v) is 17.0. The van der Waals surface area contributed by atoms with Crippen LogP contribution >= 0.6 is 0 Å². The molecule has 20 heavy (non-hydrogen) atoms. The molecule has 0 bridgehead atoms. The first-order valence-electron chi connectivity index (χ1n) is 6.14. The SMILES string of the molecule is CO[Si]1(C)O[Si](C)(CO)O[Si](C)(OC)O[Si](C)(OC)O1. The van der Waals surface area contributed by atoms with E-state index in [1.165, 1.54) is 21.3 Å². The predicted octanol–water partition coefficient (Wildman–Crippen LogP) is 0.315. The molecule has 12 heteroatoms. The molecule has 0 aromatic carbocycles. The molecule has 8 nitrogen and oxygen atoms in total. The Morgan fingerprint density at radius 3 is 1.25 bits per heavy atom. The minimum absolute atomic E-state index is 0.247. The van der Waals surface area contributed by atoms with Gasteiger partial charge in [0.2, 0.25) is 0 Å². The summed E-state index contributed by atoms with van der Waals surface area (Å²) < 4.78 is 40.0. The van der Waals surface area contributed by atoms with Crippen molar-refractivity contribution in [3.05, 3.63) is 0 Å². The maximum atomic E-state index is 9.62. The summed E-state index contributed by atoms with van der Waals surface area (Å²) in [6.45, 7) is 6.91. The lowest BCUT2D eigenvalue weighted by molar-refractivity contribution is 0.0683. The molecule has 0 aromatic rings. The van der Waals surface area contributed by atoms with Crippen molar-refractivity contribution in [3.8, 4) is 0 Å². The molecule has 1 N–H and O–H groups in total. The molecule has 0 amide bonds. The highest BCUT2D eigenvalue weighted by molar-refractivity contribution is 6.89. The monoisotopic (exact) mass is 360 g/mol. The molecule has 0 saturated carbocycles. The van der Waals surface area contributed by atoms with Crippen molar-refractivity contribution in [2.24, 2.45) is 0 Å². The van der Waals surface area contributed by atoms with Gasteiger partial charge < -0.3 is 34.8 Å². The first-order valence-corrected chi connectivity index (χ1v) is 15.3. The van der Waals surface area contributed by atoms with Gasteiger partial charge in [0.05, 0.1) is 6.23 Å². The number of aliphatic hydroxyl groups excluding tert-OH is 1. The highest BCUT2D eigenvalue weighted by atomic mass is 28.5. The Kier molecular flexibility index (Phi) is 5.90. The fourth-order valence-corrected chi connectivity index (χ4v) is 18.2. The molecule has 1 fully saturated rings. The summed E-state index contributed by atoms with van der Waals surface area (Å²) in [5.74, 6) is 0. The molecule has 2 unspecified atom stereocenters. The summed E-state index contributed by atoms with van der Waals surface area (Å²) >= 11 is 0. The predicted molar refractivity (Wildman–Crippen MR) is 78.9 cm³/mol. The van der Waals surface area contributed by atoms with Crippen molar-refractivity contribution in [2.45, 2.75) is 26.2 Å². The summed E-state index contributed by atoms with van der Waals surface area (Å²) in [4.78, 5) is 0. The lowest BCUT2D eigenvalue weighted by Gasteiger charge is -2.45. The Balaban J connectivity index is 3.18. The van der Waals surface area contributed by atoms with E-state index < -0.39 is 35.0 Å². The lowest BCUT2D eigenvalue weighted by atomic mass is 11.7. The first-order chi connectivity index (χ1) is 9.07. The van der Waals surface area contributed by atoms with Crippen LogP contribution in [0, 0.1) is 0 Å². The third kappa shape index (κ3) is 4.28. The van der Waals surface area contributed by atoms with Crippen LogP contribution in [0.1, 0.15) is 0 Å². The average molecular weight is 361 g/mol. The molecule has 1 aliphatic heterocycles. The fraction of sp³-hybridized carbons (Fsp3) is 1.00. The minimum Gasteiger partial charge on any atom is -0.395 e. The van der Waals surface area contributed by atoms with Crippen molar-refractivity contribution in [3.63, 3.8) is 0 Å². The Hall–Kier alpha value is 0.548. The minimum atomic E-state index is -3.03. The van der Waals surface area contributed by atoms with Gasteiger partial charge in [-0.05, 0) is 6.55 Å². The van der Waals surface area contributed by atoms with E-state index in [-0.39, 0.29) is 6.23 Å². The van der Waals surface area contributed by atoms with Gasteiger partial charge in [-0.2, -0.15) is 0 Å². The van der Waals surface area contributed by atoms with E-state index in [4.69, 9.17) is 29.7 Å². The van der Waals surface area contributed by atoms with Gasteiger partial charge in [0.1, 0.15) is 0 Å². The normalized spacial score (nSPS) is 46.8. The molecule has 120 valence electrons. The number of hydrogen-bond donors (Lipinski definition) is 1. The van der Waals surface area contributed by atoms with Gasteiger partial charge in [0.25, 0.3) is 0 Å². The van der Waals surface area contributed by atoms with Crippen LogP contribution in [0.5, 0.6) is 0 Å². The Labute approximate surface area is 124 Å². The number of rotatable bonds is 4. The van der Waals surface area contributed by atoms with Crippen LogP contribution in [0.15, 0.2) is 0 Å². The molecule has 0 radical (unpaired) electrons. The summed E-state index contributed by atoms with van der Waals surface area (Å²) in [6.07, 6.45) is -0.247. The number of aliphatic hydroxyl groups is 1. The second-order valence-corrected chi connectivity index (χ2v) is 17.1. The van der Waals surface area contributed by atoms with Gasteiger partial charge in [0.15, 0.2) is 0 Å². The Morgan fingerprint density at radius 2 is 1.00 bits per heavy atom. The molecule has 1 saturated heterocycles. The molecule has 0 spiro atoms. The van der Waals surface area contributed by atoms with E-state index in [9.17, 15) is 5.11 Å². The van der Waals surface area contributed by atoms with Crippen LogP contribution in [-0.2, 0) is 29.7 Å². The van der Waals surface area contributed by atoms with Crippen LogP contribution in [-0.4, -0.2) is 67.6 Å². The van der Waals surface area contributed by atoms with Gasteiger partial charge in [0, 0.05) is 41.0 Å². The standard InChI is InChI=1S/C8H24O8Si4/c1-10-18(5)13-17(4,8-9)14-19(6,11-2)16-20(7,12-3)15-18/h9H,8H2,1-7H3. The Bertz CT molecular complexity index is 270. The van der Waals surface area contributed by atoms with Gasteiger partial charge in [-0.1, -0.05) is 0 Å². The summed E-state index contributed by atoms with van der Waals surface area (Å²) in [7, 11) is -7.50. The molecule has 0 aromatic heterocycles. The summed E-state index contributed by atoms with van der Waals surface area (Å²) in [5.41, 5.74) is 0. The smallest absolute Gasteiger partial charge is 0.395 e. The van der Waals surface area contributed by atoms with Gasteiger partial charge in [-0.3, -0.25) is 0 Å². The van der Waals surface area contributed by atoms with Gasteiger partial charge >= 0.3 is 35.0 Å². The number of hydrogen-bond acceptors (Lipinski definition) is 8. The van der Waals surface area contributed by atoms with Crippen LogP contribution in [0.25, 0.3) is 0 Å². The second-order valence-electron chi connectivity index (χ2n) is 4.90. The largest absolute Gasteiger partial charge is 0.482 e. The molecular weight excluding hydrogens is 336 g/mol. The van der Waals surface area contributed by atoms with Crippen molar-refractivity contribution >= 4 is 35.0 Å². The van der Waals surface area contributed by atoms with Crippen molar-refractivity contribution in [2.75, 3.05) is 27.6 Å². The molecule has 1 heterocycles. The molecular formula is C8H24O8Si4. The van der Waals surface area contributed by atoms with E-state index in [0.717, 1.165) is 0 Å². The maximum Gasteiger partial charge on any atom is 0.482 e. The van der Waals surface area contributed by atoms with E-state index in [0.29, 0.717) is 0 Å². The third-order valence-electron chi connectivity index (χ3n) is 2.94. The van der Waals surface area contributed by atoms with E-state index in [1.807, 2.05) is 0 Å². The van der Waals surface area contributed by atoms with Crippen LogP contribution in [0.3, 0.4) is 0 Å². The molecule has 1 aliphatic rings. The maximum absolute atomic E-state index is 9.62. The highest BCUT2D eigenvalue weighted by Crippen LogP contribution is 2.31. The Morgan fingerprint density at radius 1 is 0.700 bits per heavy atom. The zero-order valence-electron chi connectivity index (χ0n) is 13.0. The van der Waals surface area contributed by atoms with Crippen molar-refractivity contribution < 1.29 is 34.8 Å². The van der Waals surface area contributed by atoms with Gasteiger partial charge in [-0.15, -0.1) is 0 Å². The van der Waals surface area contributed by atoms with Crippen LogP contribution in [0.2, 0.25) is 26.2 Å². The lowest BCUT2D eigenvalue weighted by Crippen LogP contribution is -2.70. The molecule has 1 rings (SSSR count). The average Bonchev–Trinajstić information content (AvgIpc) is 2.36. The second kappa shape index (κ2) is 6.35. The van der Waals surface area contributed by atoms with Crippen molar-refractivity contribution in [1.29, 1.82) is 0 Å². The summed E-state index contributed by atoms with van der Waals surface area (Å²) in [6, 6.07) is 0. The van der Waals surface area contributed by atoms with Crippen LogP contribution in [0.4, 0.5) is 0 Å². The molecule has 2 atom stereocenters. The zero-order chi connectivity index (χ0) is 15.7. The van der Waals surface area contributed by atoms with Crippen molar-refractivity contribution in [1.82, 2.24) is 0 Å². The quantitative estimate of drug-likeness (QED) is 0.717. The third-order valence-corrected chi connectivity index (χ3v) is 18.1. The highest BCUT2D eigenvalue weighted by Gasteiger charge is 2.60.